The maximum atomic E-state index is 13.4. The van der Waals surface area contributed by atoms with E-state index in [1.54, 1.807) is 36.8 Å². The average molecular weight is 498 g/mol. The maximum Gasteiger partial charge on any atom is 0.225 e. The number of benzene rings is 2. The number of amides is 1. The highest BCUT2D eigenvalue weighted by molar-refractivity contribution is 7.91. The van der Waals surface area contributed by atoms with Crippen LogP contribution < -0.4 is 14.8 Å². The minimum Gasteiger partial charge on any atom is -0.493 e. The summed E-state index contributed by atoms with van der Waals surface area (Å²) in [4.78, 5) is 14.0. The molecule has 0 radical (unpaired) electrons. The molecule has 0 saturated heterocycles. The van der Waals surface area contributed by atoms with Crippen LogP contribution in [0.2, 0.25) is 0 Å². The number of carbonyl (C=O) groups is 1. The monoisotopic (exact) mass is 497 g/mol. The van der Waals surface area contributed by atoms with E-state index in [9.17, 15) is 13.2 Å². The average Bonchev–Trinajstić information content (AvgIpc) is 3.49. The van der Waals surface area contributed by atoms with Crippen LogP contribution in [-0.2, 0) is 14.6 Å². The van der Waals surface area contributed by atoms with Crippen molar-refractivity contribution in [3.63, 3.8) is 0 Å². The van der Waals surface area contributed by atoms with Crippen LogP contribution in [0.4, 0.5) is 5.69 Å². The van der Waals surface area contributed by atoms with E-state index >= 15 is 0 Å². The number of thiophene rings is 1. The zero-order valence-corrected chi connectivity index (χ0v) is 20.8. The zero-order valence-electron chi connectivity index (χ0n) is 19.2. The van der Waals surface area contributed by atoms with Crippen LogP contribution in [0.15, 0.2) is 57.6 Å². The molecule has 1 aliphatic carbocycles. The Bertz CT molecular complexity index is 1320. The van der Waals surface area contributed by atoms with E-state index in [4.69, 9.17) is 9.47 Å². The van der Waals surface area contributed by atoms with Gasteiger partial charge in [-0.25, -0.2) is 8.42 Å². The Morgan fingerprint density at radius 3 is 2.50 bits per heavy atom. The molecule has 1 unspecified atom stereocenters. The predicted molar refractivity (Wildman–Crippen MR) is 132 cm³/mol. The van der Waals surface area contributed by atoms with Crippen LogP contribution in [0.1, 0.15) is 54.0 Å². The number of carbonyl (C=O) groups excluding carboxylic acids is 1. The van der Waals surface area contributed by atoms with Crippen LogP contribution in [0, 0.1) is 6.92 Å². The number of fused-ring (bicyclic) bond motifs is 1. The molecule has 34 heavy (non-hydrogen) atoms. The van der Waals surface area contributed by atoms with Gasteiger partial charge in [0.2, 0.25) is 15.7 Å². The Morgan fingerprint density at radius 1 is 1.06 bits per heavy atom. The van der Waals surface area contributed by atoms with E-state index in [0.717, 1.165) is 41.7 Å². The molecular weight excluding hydrogens is 470 g/mol. The highest BCUT2D eigenvalue weighted by Gasteiger charge is 2.36. The van der Waals surface area contributed by atoms with Gasteiger partial charge in [-0.2, -0.15) is 0 Å². The molecule has 5 rings (SSSR count). The summed E-state index contributed by atoms with van der Waals surface area (Å²) in [5.74, 6) is 0.744. The van der Waals surface area contributed by atoms with Crippen molar-refractivity contribution in [2.75, 3.05) is 12.4 Å². The molecule has 1 aromatic heterocycles. The largest absolute Gasteiger partial charge is 0.493 e. The summed E-state index contributed by atoms with van der Waals surface area (Å²) in [7, 11) is -2.18. The van der Waals surface area contributed by atoms with Gasteiger partial charge in [-0.05, 0) is 50.8 Å². The molecule has 1 amide bonds. The lowest BCUT2D eigenvalue weighted by atomic mass is 9.89. The van der Waals surface area contributed by atoms with Crippen LogP contribution in [0.5, 0.6) is 11.5 Å². The predicted octanol–water partition coefficient (Wildman–Crippen LogP) is 5.69. The molecule has 1 aliphatic heterocycles. The molecule has 2 aliphatic rings. The number of hydrogen-bond donors (Lipinski definition) is 1. The van der Waals surface area contributed by atoms with Crippen LogP contribution in [0.3, 0.4) is 0 Å². The second-order valence-electron chi connectivity index (χ2n) is 8.86. The quantitative estimate of drug-likeness (QED) is 0.473. The molecule has 2 aromatic carbocycles. The molecule has 178 valence electrons. The summed E-state index contributed by atoms with van der Waals surface area (Å²) in [6, 6.07) is 12.5. The highest BCUT2D eigenvalue weighted by Crippen LogP contribution is 2.49. The standard InChI is InChI=1S/C26H27NO5S2/c1-16-10-12-18(13-11-16)34(29,30)22-15-33-26-20(14-23(28)27-24(22)26)19-8-5-9-21(31-2)25(19)32-17-6-3-4-7-17/h5,8-13,15,17,20H,3-4,6-7,14H2,1-2H3,(H,27,28). The SMILES string of the molecule is COc1cccc(C2CC(=O)Nc3c(S(=O)(=O)c4ccc(C)cc4)csc32)c1OC1CCCC1. The highest BCUT2D eigenvalue weighted by atomic mass is 32.2. The number of ether oxygens (including phenoxy) is 2. The third-order valence-electron chi connectivity index (χ3n) is 6.57. The van der Waals surface area contributed by atoms with Gasteiger partial charge in [0, 0.05) is 28.2 Å². The van der Waals surface area contributed by atoms with Crippen molar-refractivity contribution in [3.8, 4) is 11.5 Å². The van der Waals surface area contributed by atoms with Crippen molar-refractivity contribution >= 4 is 32.8 Å². The van der Waals surface area contributed by atoms with Crippen molar-refractivity contribution in [1.29, 1.82) is 0 Å². The molecule has 1 saturated carbocycles. The lowest BCUT2D eigenvalue weighted by molar-refractivity contribution is -0.116. The Labute approximate surface area is 203 Å². The third-order valence-corrected chi connectivity index (χ3v) is 9.61. The van der Waals surface area contributed by atoms with E-state index in [-0.39, 0.29) is 34.1 Å². The summed E-state index contributed by atoms with van der Waals surface area (Å²) in [6.07, 6.45) is 4.59. The molecule has 8 heteroatoms. The van der Waals surface area contributed by atoms with Gasteiger partial charge in [0.25, 0.3) is 0 Å². The number of rotatable bonds is 6. The Morgan fingerprint density at radius 2 is 1.79 bits per heavy atom. The fourth-order valence-corrected chi connectivity index (χ4v) is 7.66. The number of anilines is 1. The van der Waals surface area contributed by atoms with E-state index in [1.807, 2.05) is 25.1 Å². The molecular formula is C26H27NO5S2. The minimum absolute atomic E-state index is 0.118. The first-order valence-electron chi connectivity index (χ1n) is 11.4. The maximum absolute atomic E-state index is 13.4. The molecule has 3 aromatic rings. The third kappa shape index (κ3) is 4.09. The molecule has 1 fully saturated rings. The first-order chi connectivity index (χ1) is 16.4. The van der Waals surface area contributed by atoms with Gasteiger partial charge < -0.3 is 14.8 Å². The summed E-state index contributed by atoms with van der Waals surface area (Å²) < 4.78 is 38.9. The first kappa shape index (κ1) is 22.9. The molecule has 1 N–H and O–H groups in total. The van der Waals surface area contributed by atoms with Crippen LogP contribution in [0.25, 0.3) is 0 Å². The minimum atomic E-state index is -3.78. The van der Waals surface area contributed by atoms with Crippen molar-refractivity contribution in [1.82, 2.24) is 0 Å². The van der Waals surface area contributed by atoms with E-state index in [1.165, 1.54) is 11.3 Å². The molecule has 0 spiro atoms. The lowest BCUT2D eigenvalue weighted by Gasteiger charge is -2.27. The van der Waals surface area contributed by atoms with Crippen molar-refractivity contribution < 1.29 is 22.7 Å². The number of methoxy groups -OCH3 is 1. The smallest absolute Gasteiger partial charge is 0.225 e. The summed E-state index contributed by atoms with van der Waals surface area (Å²) in [5, 5.41) is 4.47. The first-order valence-corrected chi connectivity index (χ1v) is 13.8. The van der Waals surface area contributed by atoms with E-state index in [2.05, 4.69) is 5.32 Å². The van der Waals surface area contributed by atoms with E-state index < -0.39 is 9.84 Å². The summed E-state index contributed by atoms with van der Waals surface area (Å²) in [6.45, 7) is 1.91. The van der Waals surface area contributed by atoms with Gasteiger partial charge in [0.15, 0.2) is 11.5 Å². The Kier molecular flexibility index (Phi) is 6.12. The van der Waals surface area contributed by atoms with Crippen LogP contribution in [-0.4, -0.2) is 27.5 Å². The number of nitrogens with one attached hydrogen (secondary N) is 1. The van der Waals surface area contributed by atoms with Gasteiger partial charge in [-0.1, -0.05) is 29.8 Å². The van der Waals surface area contributed by atoms with Gasteiger partial charge in [-0.3, -0.25) is 4.79 Å². The molecule has 2 heterocycles. The van der Waals surface area contributed by atoms with Gasteiger partial charge in [0.05, 0.1) is 23.8 Å². The van der Waals surface area contributed by atoms with E-state index in [0.29, 0.717) is 17.2 Å². The normalized spacial score (nSPS) is 18.4. The second-order valence-corrected chi connectivity index (χ2v) is 11.7. The van der Waals surface area contributed by atoms with Gasteiger partial charge in [0.1, 0.15) is 4.90 Å². The molecule has 1 atom stereocenters. The number of para-hydroxylation sites is 1. The summed E-state index contributed by atoms with van der Waals surface area (Å²) in [5.41, 5.74) is 2.21. The lowest BCUT2D eigenvalue weighted by Crippen LogP contribution is -2.24. The fraction of sp³-hybridized carbons (Fsp3) is 0.346. The van der Waals surface area contributed by atoms with Crippen LogP contribution >= 0.6 is 11.3 Å². The number of sulfone groups is 1. The van der Waals surface area contributed by atoms with Gasteiger partial charge in [-0.15, -0.1) is 11.3 Å². The molecule has 6 nitrogen and oxygen atoms in total. The Balaban J connectivity index is 1.59. The van der Waals surface area contributed by atoms with Crippen molar-refractivity contribution in [2.45, 2.75) is 60.8 Å². The number of hydrogen-bond acceptors (Lipinski definition) is 6. The second kappa shape index (κ2) is 9.07. The van der Waals surface area contributed by atoms with Gasteiger partial charge >= 0.3 is 0 Å². The fourth-order valence-electron chi connectivity index (χ4n) is 4.76. The van der Waals surface area contributed by atoms with Crippen molar-refractivity contribution in [3.05, 3.63) is 63.8 Å². The Hall–Kier alpha value is -2.84. The molecule has 0 bridgehead atoms. The number of aryl methyl sites for hydroxylation is 1. The zero-order chi connectivity index (χ0) is 23.9. The van der Waals surface area contributed by atoms with Crippen molar-refractivity contribution in [2.24, 2.45) is 0 Å². The topological polar surface area (TPSA) is 81.7 Å². The summed E-state index contributed by atoms with van der Waals surface area (Å²) >= 11 is 1.36.